The van der Waals surface area contributed by atoms with Crippen LogP contribution >= 0.6 is 0 Å². The summed E-state index contributed by atoms with van der Waals surface area (Å²) < 4.78 is 0. The van der Waals surface area contributed by atoms with Crippen molar-refractivity contribution in [3.8, 4) is 0 Å². The molecule has 0 aliphatic rings. The summed E-state index contributed by atoms with van der Waals surface area (Å²) in [5.74, 6) is 0.554. The summed E-state index contributed by atoms with van der Waals surface area (Å²) >= 11 is 0. The van der Waals surface area contributed by atoms with Crippen molar-refractivity contribution in [1.29, 1.82) is 0 Å². The first-order chi connectivity index (χ1) is 9.49. The van der Waals surface area contributed by atoms with Gasteiger partial charge in [0.05, 0.1) is 4.92 Å². The third-order valence-electron chi connectivity index (χ3n) is 3.72. The summed E-state index contributed by atoms with van der Waals surface area (Å²) in [6.07, 6.45) is 3.10. The highest BCUT2D eigenvalue weighted by Crippen LogP contribution is 2.24. The number of non-ortho nitro benzene ring substituents is 1. The first kappa shape index (κ1) is 16.6. The zero-order valence-corrected chi connectivity index (χ0v) is 12.9. The number of hydrogen-bond donors (Lipinski definition) is 1. The van der Waals surface area contributed by atoms with E-state index < -0.39 is 0 Å². The van der Waals surface area contributed by atoms with Gasteiger partial charge in [-0.2, -0.15) is 0 Å². The lowest BCUT2D eigenvalue weighted by Crippen LogP contribution is -2.36. The smallest absolute Gasteiger partial charge is 0.269 e. The molecule has 112 valence electrons. The van der Waals surface area contributed by atoms with Gasteiger partial charge in [0.25, 0.3) is 5.69 Å². The normalized spacial score (nSPS) is 14.2. The van der Waals surface area contributed by atoms with Gasteiger partial charge in [-0.15, -0.1) is 0 Å². The van der Waals surface area contributed by atoms with Crippen molar-refractivity contribution in [3.05, 3.63) is 39.9 Å². The molecule has 1 aromatic carbocycles. The minimum absolute atomic E-state index is 0.169. The fraction of sp³-hybridized carbons (Fsp3) is 0.625. The van der Waals surface area contributed by atoms with Crippen molar-refractivity contribution < 1.29 is 4.92 Å². The van der Waals surface area contributed by atoms with E-state index in [0.717, 1.165) is 24.8 Å². The predicted octanol–water partition coefficient (Wildman–Crippen LogP) is 4.46. The van der Waals surface area contributed by atoms with Gasteiger partial charge in [-0.1, -0.05) is 46.2 Å². The van der Waals surface area contributed by atoms with Gasteiger partial charge in [-0.25, -0.2) is 0 Å². The molecule has 4 heteroatoms. The lowest BCUT2D eigenvalue weighted by atomic mass is 9.96. The van der Waals surface area contributed by atoms with Gasteiger partial charge >= 0.3 is 0 Å². The van der Waals surface area contributed by atoms with Crippen molar-refractivity contribution >= 4 is 5.69 Å². The van der Waals surface area contributed by atoms with Crippen LogP contribution in [0.2, 0.25) is 0 Å². The average Bonchev–Trinajstić information content (AvgIpc) is 2.43. The highest BCUT2D eigenvalue weighted by Gasteiger charge is 2.19. The van der Waals surface area contributed by atoms with Gasteiger partial charge in [0.2, 0.25) is 0 Å². The van der Waals surface area contributed by atoms with E-state index in [2.05, 4.69) is 33.0 Å². The fourth-order valence-corrected chi connectivity index (χ4v) is 2.53. The van der Waals surface area contributed by atoms with Crippen LogP contribution in [0.5, 0.6) is 0 Å². The number of nitrogens with zero attached hydrogens (tertiary/aromatic N) is 1. The Balaban J connectivity index is 2.95. The Bertz CT molecular complexity index is 432. The Morgan fingerprint density at radius 1 is 1.30 bits per heavy atom. The van der Waals surface area contributed by atoms with Crippen LogP contribution in [-0.2, 0) is 0 Å². The van der Waals surface area contributed by atoms with E-state index in [4.69, 9.17) is 0 Å². The lowest BCUT2D eigenvalue weighted by molar-refractivity contribution is -0.384. The molecule has 0 radical (unpaired) electrons. The molecule has 0 saturated carbocycles. The molecule has 0 bridgehead atoms. The minimum Gasteiger partial charge on any atom is -0.307 e. The molecule has 0 spiro atoms. The molecular weight excluding hydrogens is 252 g/mol. The maximum absolute atomic E-state index is 10.9. The number of benzene rings is 1. The van der Waals surface area contributed by atoms with Crippen molar-refractivity contribution in [2.75, 3.05) is 0 Å². The Labute approximate surface area is 121 Å². The fourth-order valence-electron chi connectivity index (χ4n) is 2.53. The molecular formula is C16H26N2O2. The van der Waals surface area contributed by atoms with Crippen LogP contribution in [0, 0.1) is 16.0 Å². The molecule has 2 unspecified atom stereocenters. The van der Waals surface area contributed by atoms with Crippen LogP contribution in [-0.4, -0.2) is 11.0 Å². The van der Waals surface area contributed by atoms with Crippen LogP contribution in [0.3, 0.4) is 0 Å². The molecule has 0 saturated heterocycles. The van der Waals surface area contributed by atoms with E-state index in [-0.39, 0.29) is 16.7 Å². The molecule has 4 nitrogen and oxygen atoms in total. The van der Waals surface area contributed by atoms with Crippen molar-refractivity contribution in [2.45, 2.75) is 59.0 Å². The van der Waals surface area contributed by atoms with Crippen LogP contribution in [0.15, 0.2) is 24.3 Å². The minimum atomic E-state index is -0.327. The maximum atomic E-state index is 10.9. The summed E-state index contributed by atoms with van der Waals surface area (Å²) in [5, 5.41) is 14.6. The van der Waals surface area contributed by atoms with E-state index >= 15 is 0 Å². The first-order valence-electron chi connectivity index (χ1n) is 7.49. The Morgan fingerprint density at radius 2 is 2.00 bits per heavy atom. The second kappa shape index (κ2) is 8.00. The molecule has 2 atom stereocenters. The zero-order chi connectivity index (χ0) is 15.1. The number of hydrogen-bond acceptors (Lipinski definition) is 3. The Morgan fingerprint density at radius 3 is 2.50 bits per heavy atom. The predicted molar refractivity (Wildman–Crippen MR) is 82.8 cm³/mol. The molecule has 0 aromatic heterocycles. The zero-order valence-electron chi connectivity index (χ0n) is 12.9. The quantitative estimate of drug-likeness (QED) is 0.564. The highest BCUT2D eigenvalue weighted by molar-refractivity contribution is 5.35. The summed E-state index contributed by atoms with van der Waals surface area (Å²) in [6, 6.07) is 7.62. The molecule has 0 heterocycles. The van der Waals surface area contributed by atoms with E-state index in [1.165, 1.54) is 0 Å². The monoisotopic (exact) mass is 278 g/mol. The molecule has 1 rings (SSSR count). The van der Waals surface area contributed by atoms with Gasteiger partial charge in [0, 0.05) is 24.2 Å². The molecule has 1 aromatic rings. The molecule has 0 aliphatic carbocycles. The van der Waals surface area contributed by atoms with Crippen molar-refractivity contribution in [1.82, 2.24) is 5.32 Å². The van der Waals surface area contributed by atoms with Crippen LogP contribution < -0.4 is 5.32 Å². The van der Waals surface area contributed by atoms with Crippen LogP contribution in [0.4, 0.5) is 5.69 Å². The Kier molecular flexibility index (Phi) is 6.65. The molecule has 0 fully saturated rings. The van der Waals surface area contributed by atoms with Gasteiger partial charge in [-0.3, -0.25) is 10.1 Å². The van der Waals surface area contributed by atoms with Crippen LogP contribution in [0.1, 0.15) is 58.6 Å². The third kappa shape index (κ3) is 4.60. The lowest BCUT2D eigenvalue weighted by Gasteiger charge is -2.28. The summed E-state index contributed by atoms with van der Waals surface area (Å²) in [6.45, 7) is 8.73. The summed E-state index contributed by atoms with van der Waals surface area (Å²) in [5.41, 5.74) is 1.18. The van der Waals surface area contributed by atoms with Gasteiger partial charge in [-0.05, 0) is 24.3 Å². The largest absolute Gasteiger partial charge is 0.307 e. The molecule has 0 amide bonds. The molecule has 0 aliphatic heterocycles. The highest BCUT2D eigenvalue weighted by atomic mass is 16.6. The van der Waals surface area contributed by atoms with Crippen molar-refractivity contribution in [3.63, 3.8) is 0 Å². The van der Waals surface area contributed by atoms with E-state index in [1.807, 2.05) is 6.07 Å². The molecule has 1 N–H and O–H groups in total. The Hall–Kier alpha value is -1.42. The first-order valence-corrected chi connectivity index (χ1v) is 7.49. The number of nitrogens with one attached hydrogen (secondary N) is 1. The second-order valence-electron chi connectivity index (χ2n) is 5.62. The topological polar surface area (TPSA) is 55.2 Å². The van der Waals surface area contributed by atoms with Crippen molar-refractivity contribution in [2.24, 2.45) is 5.92 Å². The van der Waals surface area contributed by atoms with E-state index in [1.54, 1.807) is 18.2 Å². The van der Waals surface area contributed by atoms with E-state index in [9.17, 15) is 10.1 Å². The van der Waals surface area contributed by atoms with Gasteiger partial charge < -0.3 is 5.32 Å². The van der Waals surface area contributed by atoms with Gasteiger partial charge in [0.1, 0.15) is 0 Å². The number of rotatable bonds is 8. The second-order valence-corrected chi connectivity index (χ2v) is 5.62. The van der Waals surface area contributed by atoms with Crippen LogP contribution in [0.25, 0.3) is 0 Å². The third-order valence-corrected chi connectivity index (χ3v) is 3.72. The SMILES string of the molecule is CCCC(NC(CC)C(C)C)c1cccc([N+](=O)[O-])c1. The van der Waals surface area contributed by atoms with E-state index in [0.29, 0.717) is 12.0 Å². The summed E-state index contributed by atoms with van der Waals surface area (Å²) in [4.78, 5) is 10.6. The number of nitro groups is 1. The maximum Gasteiger partial charge on any atom is 0.269 e. The number of nitro benzene ring substituents is 1. The summed E-state index contributed by atoms with van der Waals surface area (Å²) in [7, 11) is 0. The van der Waals surface area contributed by atoms with Gasteiger partial charge in [0.15, 0.2) is 0 Å². The molecule has 20 heavy (non-hydrogen) atoms. The standard InChI is InChI=1S/C16H26N2O2/c1-5-8-16(17-15(6-2)12(3)4)13-9-7-10-14(11-13)18(19)20/h7,9-12,15-17H,5-6,8H2,1-4H3. The average molecular weight is 278 g/mol.